The van der Waals surface area contributed by atoms with Crippen LogP contribution in [0.25, 0.3) is 11.2 Å². The normalized spacial score (nSPS) is 27.5. The lowest BCUT2D eigenvalue weighted by atomic mass is 9.96. The molecule has 11 atom stereocenters. The van der Waals surface area contributed by atoms with E-state index < -0.39 is 117 Å². The van der Waals surface area contributed by atoms with Crippen molar-refractivity contribution in [3.63, 3.8) is 0 Å². The molecular formula is C39H54N10O14. The molecule has 3 aromatic rings. The van der Waals surface area contributed by atoms with Crippen LogP contribution in [-0.4, -0.2) is 180 Å². The predicted octanol–water partition coefficient (Wildman–Crippen LogP) is -4.11. The number of amides is 5. The van der Waals surface area contributed by atoms with Crippen LogP contribution in [0.5, 0.6) is 0 Å². The molecule has 5 heterocycles. The highest BCUT2D eigenvalue weighted by atomic mass is 16.7. The van der Waals surface area contributed by atoms with Gasteiger partial charge in [0.2, 0.25) is 29.5 Å². The van der Waals surface area contributed by atoms with Crippen molar-refractivity contribution in [3.8, 4) is 0 Å². The Kier molecular flexibility index (Phi) is 16.3. The molecule has 3 saturated heterocycles. The van der Waals surface area contributed by atoms with E-state index >= 15 is 0 Å². The average molecular weight is 887 g/mol. The first-order chi connectivity index (χ1) is 30.3. The number of fused-ring (bicyclic) bond motifs is 1. The van der Waals surface area contributed by atoms with Crippen LogP contribution in [0.15, 0.2) is 43.0 Å². The fourth-order valence-corrected chi connectivity index (χ4v) is 7.72. The highest BCUT2D eigenvalue weighted by molar-refractivity contribution is 5.92. The lowest BCUT2D eigenvalue weighted by Crippen LogP contribution is -2.65. The van der Waals surface area contributed by atoms with Crippen molar-refractivity contribution in [1.29, 1.82) is 0 Å². The number of carbonyl (C=O) groups excluding carboxylic acids is 5. The van der Waals surface area contributed by atoms with Crippen molar-refractivity contribution < 1.29 is 68.5 Å². The summed E-state index contributed by atoms with van der Waals surface area (Å²) in [7, 11) is 0. The summed E-state index contributed by atoms with van der Waals surface area (Å²) < 4.78 is 24.6. The van der Waals surface area contributed by atoms with Crippen LogP contribution in [0.4, 0.5) is 5.82 Å². The maximum absolute atomic E-state index is 13.5. The van der Waals surface area contributed by atoms with Crippen LogP contribution in [0.1, 0.15) is 44.4 Å². The molecule has 24 nitrogen and oxygen atoms in total. The second kappa shape index (κ2) is 21.8. The zero-order valence-corrected chi connectivity index (χ0v) is 34.4. The number of nitrogens with two attached hydrogens (primary N) is 1. The smallest absolute Gasteiger partial charge is 0.249 e. The Hall–Kier alpha value is -5.44. The highest BCUT2D eigenvalue weighted by Gasteiger charge is 2.48. The highest BCUT2D eigenvalue weighted by Crippen LogP contribution is 2.32. The number of rotatable bonds is 20. The average Bonchev–Trinajstić information content (AvgIpc) is 4.01. The fourth-order valence-electron chi connectivity index (χ4n) is 7.72. The van der Waals surface area contributed by atoms with Crippen LogP contribution in [0, 0.1) is 0 Å². The second-order valence-electron chi connectivity index (χ2n) is 15.3. The topological polar surface area (TPSA) is 344 Å². The van der Waals surface area contributed by atoms with Gasteiger partial charge in [0.05, 0.1) is 26.1 Å². The van der Waals surface area contributed by atoms with Crippen LogP contribution in [-0.2, 0) is 49.5 Å². The molecule has 0 bridgehead atoms. The third-order valence-electron chi connectivity index (χ3n) is 11.0. The summed E-state index contributed by atoms with van der Waals surface area (Å²) in [5, 5.41) is 62.0. The summed E-state index contributed by atoms with van der Waals surface area (Å²) in [6.45, 7) is 0.0709. The lowest BCUT2D eigenvalue weighted by Gasteiger charge is -2.44. The molecule has 0 saturated carbocycles. The Balaban J connectivity index is 0.973. The Morgan fingerprint density at radius 2 is 1.70 bits per heavy atom. The fraction of sp³-hybridized carbons (Fsp3) is 0.590. The number of hydrogen-bond donors (Lipinski definition) is 10. The number of aliphatic hydroxyl groups excluding tert-OH is 5. The van der Waals surface area contributed by atoms with E-state index in [1.165, 1.54) is 29.0 Å². The van der Waals surface area contributed by atoms with Gasteiger partial charge in [-0.1, -0.05) is 30.3 Å². The number of anilines is 1. The molecule has 0 aliphatic carbocycles. The Morgan fingerprint density at radius 1 is 0.952 bits per heavy atom. The van der Waals surface area contributed by atoms with E-state index in [-0.39, 0.29) is 51.2 Å². The van der Waals surface area contributed by atoms with Gasteiger partial charge >= 0.3 is 0 Å². The maximum Gasteiger partial charge on any atom is 0.249 e. The maximum atomic E-state index is 13.5. The van der Waals surface area contributed by atoms with Gasteiger partial charge in [0.1, 0.15) is 67.7 Å². The minimum atomic E-state index is -1.48. The monoisotopic (exact) mass is 886 g/mol. The summed E-state index contributed by atoms with van der Waals surface area (Å²) in [5.41, 5.74) is 6.99. The molecule has 24 heteroatoms. The van der Waals surface area contributed by atoms with Crippen LogP contribution in [0.2, 0.25) is 0 Å². The Labute approximate surface area is 360 Å². The molecule has 3 fully saturated rings. The van der Waals surface area contributed by atoms with Gasteiger partial charge in [0.25, 0.3) is 0 Å². The predicted molar refractivity (Wildman–Crippen MR) is 215 cm³/mol. The third kappa shape index (κ3) is 11.4. The van der Waals surface area contributed by atoms with Gasteiger partial charge in [0, 0.05) is 33.0 Å². The number of aromatic nitrogens is 4. The van der Waals surface area contributed by atoms with Crippen molar-refractivity contribution in [1.82, 2.24) is 40.4 Å². The third-order valence-corrected chi connectivity index (χ3v) is 11.0. The van der Waals surface area contributed by atoms with Crippen molar-refractivity contribution >= 4 is 46.5 Å². The van der Waals surface area contributed by atoms with Crippen LogP contribution >= 0.6 is 0 Å². The Bertz CT molecular complexity index is 2050. The minimum absolute atomic E-state index is 0.0662. The first-order valence-corrected chi connectivity index (χ1v) is 20.5. The van der Waals surface area contributed by atoms with Gasteiger partial charge in [-0.05, 0) is 24.8 Å². The summed E-state index contributed by atoms with van der Waals surface area (Å²) >= 11 is 0. The molecule has 6 rings (SSSR count). The number of ether oxygens (including phenoxy) is 4. The molecule has 11 N–H and O–H groups in total. The van der Waals surface area contributed by atoms with Crippen molar-refractivity contribution in [2.45, 2.75) is 106 Å². The van der Waals surface area contributed by atoms with E-state index in [9.17, 15) is 49.5 Å². The molecule has 3 aliphatic rings. The summed E-state index contributed by atoms with van der Waals surface area (Å²) in [4.78, 5) is 78.3. The summed E-state index contributed by atoms with van der Waals surface area (Å²) in [5.74, 6) is -2.80. The molecule has 2 aromatic heterocycles. The Morgan fingerprint density at radius 3 is 2.40 bits per heavy atom. The zero-order chi connectivity index (χ0) is 45.2. The number of aliphatic hydroxyl groups is 5. The van der Waals surface area contributed by atoms with E-state index in [1.807, 2.05) is 30.3 Å². The summed E-state index contributed by atoms with van der Waals surface area (Å²) in [6.07, 6.45) is -6.79. The molecule has 63 heavy (non-hydrogen) atoms. The van der Waals surface area contributed by atoms with Crippen molar-refractivity contribution in [2.75, 3.05) is 44.8 Å². The molecule has 0 spiro atoms. The first-order valence-electron chi connectivity index (χ1n) is 20.5. The van der Waals surface area contributed by atoms with Gasteiger partial charge in [0.15, 0.2) is 29.5 Å². The number of hydrogen-bond acceptors (Lipinski definition) is 18. The molecule has 0 unspecified atom stereocenters. The van der Waals surface area contributed by atoms with Crippen molar-refractivity contribution in [2.24, 2.45) is 5.73 Å². The molecule has 0 radical (unpaired) electrons. The first kappa shape index (κ1) is 47.0. The number of benzene rings is 1. The number of primary amides is 1. The van der Waals surface area contributed by atoms with Gasteiger partial charge in [-0.25, -0.2) is 15.0 Å². The van der Waals surface area contributed by atoms with Gasteiger partial charge < -0.3 is 76.4 Å². The van der Waals surface area contributed by atoms with Crippen LogP contribution < -0.4 is 27.0 Å². The number of carbonyl (C=O) groups is 5. The zero-order valence-electron chi connectivity index (χ0n) is 34.4. The van der Waals surface area contributed by atoms with Gasteiger partial charge in [-0.15, -0.1) is 0 Å². The number of imidazole rings is 1. The number of likely N-dealkylation sites (tertiary alicyclic amines) is 1. The number of nitrogens with one attached hydrogen (secondary N) is 4. The van der Waals surface area contributed by atoms with Gasteiger partial charge in [-0.3, -0.25) is 28.5 Å². The SMILES string of the molecule is CC(=O)N[C@H]1[C@@H](OCc2ccccc2)O[C@H](CO)[C@@H](O)[C@@H]1OCC(=O)N1CCC[C@@H]1C(=O)N[C@H](CCC(=O)NCCNc1ncnc2c1ncn2[C@@H]1O[C@H](CO)[C@@H](O)[C@H]1O)C(N)=O. The van der Waals surface area contributed by atoms with Crippen molar-refractivity contribution in [3.05, 3.63) is 48.5 Å². The molecule has 5 amide bonds. The van der Waals surface area contributed by atoms with Crippen LogP contribution in [0.3, 0.4) is 0 Å². The van der Waals surface area contributed by atoms with E-state index in [2.05, 4.69) is 36.2 Å². The van der Waals surface area contributed by atoms with E-state index in [0.717, 1.165) is 5.56 Å². The minimum Gasteiger partial charge on any atom is -0.394 e. The van der Waals surface area contributed by atoms with Gasteiger partial charge in [-0.2, -0.15) is 0 Å². The van der Waals surface area contributed by atoms with E-state index in [0.29, 0.717) is 17.8 Å². The second-order valence-corrected chi connectivity index (χ2v) is 15.3. The molecule has 3 aliphatic heterocycles. The largest absolute Gasteiger partial charge is 0.394 e. The molecular weight excluding hydrogens is 832 g/mol. The number of nitrogens with zero attached hydrogens (tertiary/aromatic N) is 5. The standard InChI is InChI=1S/C39H54N10O14/c1-20(52)46-28-33(31(56)25(15-51)63-39(28)61-16-21-6-3-2-4-7-21)60-17-27(54)48-13-5-8-23(48)37(59)47-22(34(40)58)9-10-26(53)41-11-12-42-35-29-36(44-18-43-35)49(19-45-29)38-32(57)30(55)24(14-50)62-38/h2-4,6-7,18-19,22-25,28,30-33,38-39,50-51,55-57H,5,8-17H2,1H3,(H2,40,58)(H,41,53)(H,46,52)(H,47,59)(H,42,43,44)/t22-,23-,24-,25-,28-,30-,31-,32-,33-,38-,39+/m1/s1. The van der Waals surface area contributed by atoms with E-state index in [4.69, 9.17) is 24.7 Å². The quantitative estimate of drug-likeness (QED) is 0.0482. The molecule has 1 aromatic carbocycles. The lowest BCUT2D eigenvalue weighted by molar-refractivity contribution is -0.279. The van der Waals surface area contributed by atoms with E-state index in [1.54, 1.807) is 0 Å². The molecule has 344 valence electrons. The summed E-state index contributed by atoms with van der Waals surface area (Å²) in [6, 6.07) is 5.77.